The normalized spacial score (nSPS) is 25.9. The van der Waals surface area contributed by atoms with E-state index < -0.39 is 0 Å². The van der Waals surface area contributed by atoms with Gasteiger partial charge in [0, 0.05) is 18.7 Å². The monoisotopic (exact) mass is 143 g/mol. The zero-order chi connectivity index (χ0) is 7.23. The lowest BCUT2D eigenvalue weighted by Gasteiger charge is -1.96. The van der Waals surface area contributed by atoms with Gasteiger partial charge < -0.3 is 9.57 Å². The third-order valence-electron chi connectivity index (χ3n) is 1.44. The molecule has 1 atom stereocenters. The standard InChI is InChI=1S/C7H13NO2/c1-2-10-8-5-7-3-4-9-6-7/h5,7H,2-4,6H2,1H3/b8-5+. The maximum absolute atomic E-state index is 5.14. The summed E-state index contributed by atoms with van der Waals surface area (Å²) < 4.78 is 5.14. The number of hydrogen-bond donors (Lipinski definition) is 0. The molecule has 1 aliphatic rings. The van der Waals surface area contributed by atoms with Crippen LogP contribution in [-0.4, -0.2) is 26.0 Å². The highest BCUT2D eigenvalue weighted by molar-refractivity contribution is 5.60. The summed E-state index contributed by atoms with van der Waals surface area (Å²) in [5.41, 5.74) is 0. The van der Waals surface area contributed by atoms with Crippen LogP contribution < -0.4 is 0 Å². The minimum absolute atomic E-state index is 0.478. The fourth-order valence-electron chi connectivity index (χ4n) is 0.874. The van der Waals surface area contributed by atoms with Gasteiger partial charge in [-0.1, -0.05) is 5.16 Å². The Morgan fingerprint density at radius 3 is 3.30 bits per heavy atom. The van der Waals surface area contributed by atoms with Crippen LogP contribution >= 0.6 is 0 Å². The molecule has 1 rings (SSSR count). The molecule has 0 amide bonds. The van der Waals surface area contributed by atoms with Gasteiger partial charge in [0.05, 0.1) is 6.61 Å². The van der Waals surface area contributed by atoms with Crippen LogP contribution in [0.2, 0.25) is 0 Å². The molecular weight excluding hydrogens is 130 g/mol. The third kappa shape index (κ3) is 2.35. The topological polar surface area (TPSA) is 30.8 Å². The molecule has 0 radical (unpaired) electrons. The Kier molecular flexibility index (Phi) is 3.22. The Labute approximate surface area is 61.0 Å². The average Bonchev–Trinajstić information content (AvgIpc) is 2.41. The first-order valence-corrected chi connectivity index (χ1v) is 3.66. The van der Waals surface area contributed by atoms with Crippen LogP contribution in [0.5, 0.6) is 0 Å². The summed E-state index contributed by atoms with van der Waals surface area (Å²) in [7, 11) is 0. The molecule has 3 heteroatoms. The summed E-state index contributed by atoms with van der Waals surface area (Å²) >= 11 is 0. The SMILES string of the molecule is CCO/N=C/C1CCOC1. The Morgan fingerprint density at radius 2 is 2.70 bits per heavy atom. The molecular formula is C7H13NO2. The van der Waals surface area contributed by atoms with Crippen LogP contribution in [-0.2, 0) is 9.57 Å². The van der Waals surface area contributed by atoms with Crippen LogP contribution in [0.4, 0.5) is 0 Å². The Balaban J connectivity index is 2.10. The molecule has 0 spiro atoms. The smallest absolute Gasteiger partial charge is 0.114 e. The van der Waals surface area contributed by atoms with E-state index in [4.69, 9.17) is 9.57 Å². The second kappa shape index (κ2) is 4.28. The van der Waals surface area contributed by atoms with E-state index in [-0.39, 0.29) is 0 Å². The number of ether oxygens (including phenoxy) is 1. The summed E-state index contributed by atoms with van der Waals surface area (Å²) in [6.07, 6.45) is 2.91. The number of hydrogen-bond acceptors (Lipinski definition) is 3. The predicted molar refractivity (Wildman–Crippen MR) is 39.0 cm³/mol. The van der Waals surface area contributed by atoms with Crippen molar-refractivity contribution in [3.8, 4) is 0 Å². The van der Waals surface area contributed by atoms with E-state index in [1.807, 2.05) is 13.1 Å². The van der Waals surface area contributed by atoms with Crippen molar-refractivity contribution in [2.24, 2.45) is 11.1 Å². The molecule has 0 aromatic heterocycles. The largest absolute Gasteiger partial charge is 0.396 e. The summed E-state index contributed by atoms with van der Waals surface area (Å²) in [6.45, 7) is 4.23. The molecule has 1 unspecified atom stereocenters. The lowest BCUT2D eigenvalue weighted by molar-refractivity contribution is 0.157. The van der Waals surface area contributed by atoms with E-state index in [1.54, 1.807) is 0 Å². The highest BCUT2D eigenvalue weighted by Gasteiger charge is 2.12. The fraction of sp³-hybridized carbons (Fsp3) is 0.857. The van der Waals surface area contributed by atoms with Crippen LogP contribution in [0.1, 0.15) is 13.3 Å². The van der Waals surface area contributed by atoms with Gasteiger partial charge in [0.1, 0.15) is 6.61 Å². The van der Waals surface area contributed by atoms with E-state index >= 15 is 0 Å². The lowest BCUT2D eigenvalue weighted by atomic mass is 10.1. The number of nitrogens with zero attached hydrogens (tertiary/aromatic N) is 1. The molecule has 1 saturated heterocycles. The zero-order valence-corrected chi connectivity index (χ0v) is 6.25. The van der Waals surface area contributed by atoms with Gasteiger partial charge in [-0.05, 0) is 13.3 Å². The quantitative estimate of drug-likeness (QED) is 0.436. The zero-order valence-electron chi connectivity index (χ0n) is 6.25. The molecule has 1 heterocycles. The van der Waals surface area contributed by atoms with Crippen LogP contribution in [0.3, 0.4) is 0 Å². The third-order valence-corrected chi connectivity index (χ3v) is 1.44. The second-order valence-electron chi connectivity index (χ2n) is 2.30. The first-order chi connectivity index (χ1) is 4.93. The van der Waals surface area contributed by atoms with Gasteiger partial charge in [-0.25, -0.2) is 0 Å². The highest BCUT2D eigenvalue weighted by Crippen LogP contribution is 2.08. The molecule has 58 valence electrons. The van der Waals surface area contributed by atoms with Gasteiger partial charge >= 0.3 is 0 Å². The predicted octanol–water partition coefficient (Wildman–Crippen LogP) is 1.05. The van der Waals surface area contributed by atoms with Crippen LogP contribution in [0, 0.1) is 5.92 Å². The second-order valence-corrected chi connectivity index (χ2v) is 2.30. The van der Waals surface area contributed by atoms with E-state index in [0.29, 0.717) is 12.5 Å². The first-order valence-electron chi connectivity index (χ1n) is 3.66. The first kappa shape index (κ1) is 7.54. The van der Waals surface area contributed by atoms with E-state index in [1.165, 1.54) is 0 Å². The van der Waals surface area contributed by atoms with Gasteiger partial charge in [-0.3, -0.25) is 0 Å². The van der Waals surface area contributed by atoms with E-state index in [0.717, 1.165) is 19.6 Å². The molecule has 3 nitrogen and oxygen atoms in total. The molecule has 0 bridgehead atoms. The summed E-state index contributed by atoms with van der Waals surface area (Å²) in [5, 5.41) is 3.77. The van der Waals surface area contributed by atoms with Crippen LogP contribution in [0.15, 0.2) is 5.16 Å². The van der Waals surface area contributed by atoms with Crippen molar-refractivity contribution in [1.29, 1.82) is 0 Å². The van der Waals surface area contributed by atoms with Gasteiger partial charge in [-0.15, -0.1) is 0 Å². The molecule has 0 aromatic rings. The van der Waals surface area contributed by atoms with Crippen LogP contribution in [0.25, 0.3) is 0 Å². The number of oxime groups is 1. The van der Waals surface area contributed by atoms with Gasteiger partial charge in [-0.2, -0.15) is 0 Å². The van der Waals surface area contributed by atoms with Gasteiger partial charge in [0.15, 0.2) is 0 Å². The maximum atomic E-state index is 5.14. The summed E-state index contributed by atoms with van der Waals surface area (Å²) in [5.74, 6) is 0.478. The maximum Gasteiger partial charge on any atom is 0.114 e. The van der Waals surface area contributed by atoms with E-state index in [2.05, 4.69) is 5.16 Å². The lowest BCUT2D eigenvalue weighted by Crippen LogP contribution is -2.00. The van der Waals surface area contributed by atoms with Crippen molar-refractivity contribution in [3.05, 3.63) is 0 Å². The van der Waals surface area contributed by atoms with Crippen molar-refractivity contribution in [1.82, 2.24) is 0 Å². The van der Waals surface area contributed by atoms with Gasteiger partial charge in [0.25, 0.3) is 0 Å². The van der Waals surface area contributed by atoms with Crippen molar-refractivity contribution >= 4 is 6.21 Å². The molecule has 0 aromatic carbocycles. The highest BCUT2D eigenvalue weighted by atomic mass is 16.6. The summed E-state index contributed by atoms with van der Waals surface area (Å²) in [4.78, 5) is 4.81. The van der Waals surface area contributed by atoms with Crippen molar-refractivity contribution in [2.45, 2.75) is 13.3 Å². The molecule has 10 heavy (non-hydrogen) atoms. The van der Waals surface area contributed by atoms with E-state index in [9.17, 15) is 0 Å². The Morgan fingerprint density at radius 1 is 1.80 bits per heavy atom. The van der Waals surface area contributed by atoms with Gasteiger partial charge in [0.2, 0.25) is 0 Å². The van der Waals surface area contributed by atoms with Crippen molar-refractivity contribution in [2.75, 3.05) is 19.8 Å². The Bertz CT molecular complexity index is 108. The molecule has 1 aliphatic heterocycles. The Hall–Kier alpha value is -0.570. The molecule has 0 aliphatic carbocycles. The molecule has 0 N–H and O–H groups in total. The average molecular weight is 143 g/mol. The molecule has 1 fully saturated rings. The minimum atomic E-state index is 0.478. The fourth-order valence-corrected chi connectivity index (χ4v) is 0.874. The summed E-state index contributed by atoms with van der Waals surface area (Å²) in [6, 6.07) is 0. The molecule has 0 saturated carbocycles. The minimum Gasteiger partial charge on any atom is -0.396 e. The number of rotatable bonds is 3. The van der Waals surface area contributed by atoms with Crippen molar-refractivity contribution < 1.29 is 9.57 Å². The van der Waals surface area contributed by atoms with Crippen molar-refractivity contribution in [3.63, 3.8) is 0 Å².